The number of aryl methyl sites for hydroxylation is 1. The predicted molar refractivity (Wildman–Crippen MR) is 59.4 cm³/mol. The summed E-state index contributed by atoms with van der Waals surface area (Å²) in [5.74, 6) is 0. The van der Waals surface area contributed by atoms with E-state index in [1.54, 1.807) is 0 Å². The van der Waals surface area contributed by atoms with E-state index in [4.69, 9.17) is 0 Å². The van der Waals surface area contributed by atoms with Crippen LogP contribution in [0.1, 0.15) is 31.7 Å². The lowest BCUT2D eigenvalue weighted by Crippen LogP contribution is -2.41. The Morgan fingerprint density at radius 3 is 2.93 bits per heavy atom. The summed E-state index contributed by atoms with van der Waals surface area (Å²) in [4.78, 5) is 0. The van der Waals surface area contributed by atoms with Crippen molar-refractivity contribution >= 4 is 0 Å². The second-order valence-electron chi connectivity index (χ2n) is 4.53. The summed E-state index contributed by atoms with van der Waals surface area (Å²) in [5.41, 5.74) is 1.85. The van der Waals surface area contributed by atoms with Gasteiger partial charge in [0.1, 0.15) is 0 Å². The smallest absolute Gasteiger partial charge is 0.0220 e. The Morgan fingerprint density at radius 1 is 1.57 bits per heavy atom. The highest BCUT2D eigenvalue weighted by Gasteiger charge is 2.31. The predicted octanol–water partition coefficient (Wildman–Crippen LogP) is 2.10. The second kappa shape index (κ2) is 3.77. The molecule has 1 saturated heterocycles. The van der Waals surface area contributed by atoms with E-state index < -0.39 is 0 Å². The molecule has 2 rings (SSSR count). The topological polar surface area (TPSA) is 17.0 Å². The second-order valence-corrected chi connectivity index (χ2v) is 4.53. The highest BCUT2D eigenvalue weighted by Crippen LogP contribution is 2.27. The molecule has 0 bridgehead atoms. The molecule has 0 aliphatic carbocycles. The number of aromatic nitrogens is 1. The third-order valence-corrected chi connectivity index (χ3v) is 3.44. The van der Waals surface area contributed by atoms with Gasteiger partial charge in [-0.1, -0.05) is 6.92 Å². The van der Waals surface area contributed by atoms with Crippen molar-refractivity contribution in [1.29, 1.82) is 0 Å². The molecule has 2 heteroatoms. The van der Waals surface area contributed by atoms with Crippen molar-refractivity contribution in [2.45, 2.75) is 38.1 Å². The van der Waals surface area contributed by atoms with E-state index in [1.807, 2.05) is 0 Å². The molecule has 78 valence electrons. The Bertz CT molecular complexity index is 295. The first-order valence-electron chi connectivity index (χ1n) is 5.60. The van der Waals surface area contributed by atoms with Crippen molar-refractivity contribution in [1.82, 2.24) is 9.88 Å². The van der Waals surface area contributed by atoms with Gasteiger partial charge in [-0.25, -0.2) is 0 Å². The minimum Gasteiger partial charge on any atom is -0.357 e. The van der Waals surface area contributed by atoms with Crippen molar-refractivity contribution in [3.8, 4) is 0 Å². The normalized spacial score (nSPS) is 27.0. The van der Waals surface area contributed by atoms with Gasteiger partial charge in [-0.05, 0) is 43.9 Å². The average molecular weight is 192 g/mol. The summed E-state index contributed by atoms with van der Waals surface area (Å²) >= 11 is 0. The van der Waals surface area contributed by atoms with Crippen molar-refractivity contribution in [2.75, 3.05) is 6.54 Å². The molecule has 14 heavy (non-hydrogen) atoms. The van der Waals surface area contributed by atoms with Crippen LogP contribution in [0, 0.1) is 0 Å². The minimum atomic E-state index is 0.390. The first-order chi connectivity index (χ1) is 6.74. The van der Waals surface area contributed by atoms with Crippen LogP contribution >= 0.6 is 0 Å². The molecule has 1 atom stereocenters. The molecule has 1 aliphatic rings. The Balaban J connectivity index is 2.08. The molecular weight excluding hydrogens is 172 g/mol. The number of hydrogen-bond acceptors (Lipinski definition) is 1. The fourth-order valence-electron chi connectivity index (χ4n) is 2.50. The van der Waals surface area contributed by atoms with Gasteiger partial charge in [-0.15, -0.1) is 0 Å². The van der Waals surface area contributed by atoms with E-state index >= 15 is 0 Å². The monoisotopic (exact) mass is 192 g/mol. The van der Waals surface area contributed by atoms with Gasteiger partial charge in [-0.2, -0.15) is 0 Å². The molecule has 1 aliphatic heterocycles. The third kappa shape index (κ3) is 1.85. The SMILES string of the molecule is CCC1(Cc2ccn(C)c2)CCCN1. The Hall–Kier alpha value is -0.760. The van der Waals surface area contributed by atoms with Crippen LogP contribution in [0.3, 0.4) is 0 Å². The first-order valence-corrected chi connectivity index (χ1v) is 5.60. The lowest BCUT2D eigenvalue weighted by Gasteiger charge is -2.27. The average Bonchev–Trinajstić information content (AvgIpc) is 2.77. The zero-order valence-corrected chi connectivity index (χ0v) is 9.21. The van der Waals surface area contributed by atoms with E-state index in [-0.39, 0.29) is 0 Å². The Kier molecular flexibility index (Phi) is 2.64. The standard InChI is InChI=1S/C12H20N2/c1-3-12(6-4-7-13-12)9-11-5-8-14(2)10-11/h5,8,10,13H,3-4,6-7,9H2,1-2H3. The maximum absolute atomic E-state index is 3.67. The van der Waals surface area contributed by atoms with Gasteiger partial charge in [0, 0.05) is 25.0 Å². The van der Waals surface area contributed by atoms with Gasteiger partial charge in [-0.3, -0.25) is 0 Å². The zero-order valence-electron chi connectivity index (χ0n) is 9.21. The summed E-state index contributed by atoms with van der Waals surface area (Å²) in [6, 6.07) is 2.23. The van der Waals surface area contributed by atoms with E-state index in [0.717, 1.165) is 0 Å². The summed E-state index contributed by atoms with van der Waals surface area (Å²) in [6.45, 7) is 3.49. The van der Waals surface area contributed by atoms with Gasteiger partial charge in [0.25, 0.3) is 0 Å². The molecule has 2 heterocycles. The lowest BCUT2D eigenvalue weighted by atomic mass is 9.88. The molecule has 1 fully saturated rings. The van der Waals surface area contributed by atoms with Crippen LogP contribution in [0.4, 0.5) is 0 Å². The minimum absolute atomic E-state index is 0.390. The zero-order chi connectivity index (χ0) is 10.0. The fraction of sp³-hybridized carbons (Fsp3) is 0.667. The first kappa shape index (κ1) is 9.78. The highest BCUT2D eigenvalue weighted by atomic mass is 15.0. The Morgan fingerprint density at radius 2 is 2.43 bits per heavy atom. The van der Waals surface area contributed by atoms with Gasteiger partial charge in [0.15, 0.2) is 0 Å². The maximum Gasteiger partial charge on any atom is 0.0220 e. The summed E-state index contributed by atoms with van der Waals surface area (Å²) in [6.07, 6.45) is 9.45. The van der Waals surface area contributed by atoms with Crippen molar-refractivity contribution < 1.29 is 0 Å². The van der Waals surface area contributed by atoms with Crippen LogP contribution in [0.5, 0.6) is 0 Å². The maximum atomic E-state index is 3.67. The number of rotatable bonds is 3. The van der Waals surface area contributed by atoms with Crippen molar-refractivity contribution in [3.05, 3.63) is 24.0 Å². The molecule has 0 amide bonds. The summed E-state index contributed by atoms with van der Waals surface area (Å²) < 4.78 is 2.13. The van der Waals surface area contributed by atoms with Gasteiger partial charge >= 0.3 is 0 Å². The molecule has 1 N–H and O–H groups in total. The van der Waals surface area contributed by atoms with Crippen LogP contribution in [-0.4, -0.2) is 16.7 Å². The molecular formula is C12H20N2. The van der Waals surface area contributed by atoms with E-state index in [0.29, 0.717) is 5.54 Å². The van der Waals surface area contributed by atoms with E-state index in [1.165, 1.54) is 37.8 Å². The van der Waals surface area contributed by atoms with Gasteiger partial charge in [0.05, 0.1) is 0 Å². The van der Waals surface area contributed by atoms with E-state index in [9.17, 15) is 0 Å². The lowest BCUT2D eigenvalue weighted by molar-refractivity contribution is 0.360. The quantitative estimate of drug-likeness (QED) is 0.776. The van der Waals surface area contributed by atoms with Crippen LogP contribution in [0.2, 0.25) is 0 Å². The Labute approximate surface area is 86.3 Å². The molecule has 0 aromatic carbocycles. The molecule has 0 saturated carbocycles. The van der Waals surface area contributed by atoms with Gasteiger partial charge < -0.3 is 9.88 Å². The molecule has 0 radical (unpaired) electrons. The third-order valence-electron chi connectivity index (χ3n) is 3.44. The molecule has 0 spiro atoms. The summed E-state index contributed by atoms with van der Waals surface area (Å²) in [7, 11) is 2.09. The van der Waals surface area contributed by atoms with Crippen molar-refractivity contribution in [3.63, 3.8) is 0 Å². The molecule has 2 nitrogen and oxygen atoms in total. The van der Waals surface area contributed by atoms with Crippen LogP contribution in [-0.2, 0) is 13.5 Å². The highest BCUT2D eigenvalue weighted by molar-refractivity contribution is 5.15. The van der Waals surface area contributed by atoms with Crippen LogP contribution in [0.15, 0.2) is 18.5 Å². The van der Waals surface area contributed by atoms with E-state index in [2.05, 4.69) is 42.3 Å². The van der Waals surface area contributed by atoms with Crippen LogP contribution < -0.4 is 5.32 Å². The number of nitrogens with zero attached hydrogens (tertiary/aromatic N) is 1. The van der Waals surface area contributed by atoms with Crippen LogP contribution in [0.25, 0.3) is 0 Å². The fourth-order valence-corrected chi connectivity index (χ4v) is 2.50. The molecule has 1 aromatic heterocycles. The summed E-state index contributed by atoms with van der Waals surface area (Å²) in [5, 5.41) is 3.67. The molecule has 1 unspecified atom stereocenters. The number of nitrogens with one attached hydrogen (secondary N) is 1. The number of hydrogen-bond donors (Lipinski definition) is 1. The van der Waals surface area contributed by atoms with Crippen molar-refractivity contribution in [2.24, 2.45) is 7.05 Å². The van der Waals surface area contributed by atoms with Gasteiger partial charge in [0.2, 0.25) is 0 Å². The largest absolute Gasteiger partial charge is 0.357 e. The molecule has 1 aromatic rings.